The fourth-order valence-electron chi connectivity index (χ4n) is 2.79. The van der Waals surface area contributed by atoms with E-state index in [-0.39, 0.29) is 11.8 Å². The molecule has 130 valence electrons. The van der Waals surface area contributed by atoms with E-state index in [1.54, 1.807) is 36.2 Å². The summed E-state index contributed by atoms with van der Waals surface area (Å²) in [4.78, 5) is 25.8. The van der Waals surface area contributed by atoms with Gasteiger partial charge in [0.25, 0.3) is 5.91 Å². The summed E-state index contributed by atoms with van der Waals surface area (Å²) >= 11 is 0. The molecule has 0 fully saturated rings. The predicted molar refractivity (Wildman–Crippen MR) is 98.4 cm³/mol. The number of nitrogens with one attached hydrogen (secondary N) is 1. The molecule has 5 nitrogen and oxygen atoms in total. The van der Waals surface area contributed by atoms with E-state index in [1.165, 1.54) is 0 Å². The molecule has 0 bridgehead atoms. The van der Waals surface area contributed by atoms with Crippen molar-refractivity contribution in [3.8, 4) is 5.75 Å². The molecule has 2 aromatic rings. The van der Waals surface area contributed by atoms with E-state index in [0.29, 0.717) is 24.3 Å². The van der Waals surface area contributed by atoms with Crippen LogP contribution < -0.4 is 15.0 Å². The normalized spacial score (nSPS) is 12.9. The number of unbranched alkanes of at least 4 members (excludes halogenated alkanes) is 1. The van der Waals surface area contributed by atoms with Crippen molar-refractivity contribution in [2.45, 2.75) is 26.2 Å². The Hall–Kier alpha value is -2.82. The number of amides is 2. The van der Waals surface area contributed by atoms with Crippen molar-refractivity contribution in [1.82, 2.24) is 0 Å². The molecular weight excluding hydrogens is 316 g/mol. The summed E-state index contributed by atoms with van der Waals surface area (Å²) in [6.45, 7) is 2.80. The highest BCUT2D eigenvalue weighted by Crippen LogP contribution is 2.30. The minimum absolute atomic E-state index is 0.0668. The average Bonchev–Trinajstić information content (AvgIpc) is 2.89. The second-order valence-corrected chi connectivity index (χ2v) is 6.15. The Labute approximate surface area is 147 Å². The molecule has 0 aliphatic carbocycles. The molecular formula is C20H22N2O3. The molecule has 1 aliphatic heterocycles. The number of benzene rings is 2. The lowest BCUT2D eigenvalue weighted by atomic mass is 10.1. The van der Waals surface area contributed by atoms with Gasteiger partial charge >= 0.3 is 0 Å². The summed E-state index contributed by atoms with van der Waals surface area (Å²) in [7, 11) is 1.76. The third-order valence-corrected chi connectivity index (χ3v) is 4.30. The first-order chi connectivity index (χ1) is 12.1. The minimum Gasteiger partial charge on any atom is -0.494 e. The van der Waals surface area contributed by atoms with E-state index in [4.69, 9.17) is 4.74 Å². The van der Waals surface area contributed by atoms with Crippen LogP contribution in [0.5, 0.6) is 5.75 Å². The topological polar surface area (TPSA) is 58.6 Å². The van der Waals surface area contributed by atoms with Crippen molar-refractivity contribution in [2.75, 3.05) is 23.9 Å². The fraction of sp³-hybridized carbons (Fsp3) is 0.300. The maximum atomic E-state index is 12.4. The van der Waals surface area contributed by atoms with Gasteiger partial charge in [0.1, 0.15) is 5.75 Å². The molecule has 0 spiro atoms. The number of carbonyl (C=O) groups is 2. The summed E-state index contributed by atoms with van der Waals surface area (Å²) in [5, 5.41) is 2.88. The van der Waals surface area contributed by atoms with E-state index < -0.39 is 0 Å². The molecule has 2 aromatic carbocycles. The first-order valence-electron chi connectivity index (χ1n) is 8.52. The van der Waals surface area contributed by atoms with Gasteiger partial charge in [-0.15, -0.1) is 0 Å². The van der Waals surface area contributed by atoms with E-state index in [1.807, 2.05) is 18.2 Å². The molecule has 0 saturated heterocycles. The summed E-state index contributed by atoms with van der Waals surface area (Å²) in [6.07, 6.45) is 2.47. The van der Waals surface area contributed by atoms with E-state index >= 15 is 0 Å². The van der Waals surface area contributed by atoms with Crippen LogP contribution in [-0.4, -0.2) is 25.5 Å². The third kappa shape index (κ3) is 3.82. The lowest BCUT2D eigenvalue weighted by Crippen LogP contribution is -2.20. The van der Waals surface area contributed by atoms with E-state index in [2.05, 4.69) is 12.2 Å². The first kappa shape index (κ1) is 17.0. The SMILES string of the molecule is CCCCOc1ccc(C(=O)Nc2ccc3c(c2)CC(=O)N3C)cc1. The Morgan fingerprint density at radius 3 is 2.68 bits per heavy atom. The average molecular weight is 338 g/mol. The van der Waals surface area contributed by atoms with Crippen LogP contribution in [0.4, 0.5) is 11.4 Å². The van der Waals surface area contributed by atoms with Gasteiger partial charge < -0.3 is 15.0 Å². The molecule has 0 aromatic heterocycles. The zero-order valence-electron chi connectivity index (χ0n) is 14.5. The van der Waals surface area contributed by atoms with Crippen LogP contribution in [0.3, 0.4) is 0 Å². The summed E-state index contributed by atoms with van der Waals surface area (Å²) in [5.74, 6) is 0.652. The van der Waals surface area contributed by atoms with E-state index in [9.17, 15) is 9.59 Å². The molecule has 0 atom stereocenters. The molecule has 0 unspecified atom stereocenters. The molecule has 1 heterocycles. The van der Waals surface area contributed by atoms with Crippen LogP contribution in [0.15, 0.2) is 42.5 Å². The number of fused-ring (bicyclic) bond motifs is 1. The van der Waals surface area contributed by atoms with E-state index in [0.717, 1.165) is 29.8 Å². The number of hydrogen-bond acceptors (Lipinski definition) is 3. The fourth-order valence-corrected chi connectivity index (χ4v) is 2.79. The van der Waals surface area contributed by atoms with Crippen molar-refractivity contribution < 1.29 is 14.3 Å². The number of likely N-dealkylation sites (N-methyl/N-ethyl adjacent to an activating group) is 1. The largest absolute Gasteiger partial charge is 0.494 e. The highest BCUT2D eigenvalue weighted by atomic mass is 16.5. The Bertz CT molecular complexity index is 784. The number of rotatable bonds is 6. The van der Waals surface area contributed by atoms with Crippen LogP contribution in [0.2, 0.25) is 0 Å². The molecule has 1 N–H and O–H groups in total. The second kappa shape index (κ2) is 7.38. The number of ether oxygens (including phenoxy) is 1. The Morgan fingerprint density at radius 1 is 1.20 bits per heavy atom. The molecule has 0 saturated carbocycles. The van der Waals surface area contributed by atoms with Gasteiger partial charge in [-0.25, -0.2) is 0 Å². The van der Waals surface area contributed by atoms with Gasteiger partial charge in [-0.2, -0.15) is 0 Å². The summed E-state index contributed by atoms with van der Waals surface area (Å²) in [5.41, 5.74) is 3.09. The van der Waals surface area contributed by atoms with Crippen molar-refractivity contribution in [3.05, 3.63) is 53.6 Å². The van der Waals surface area contributed by atoms with Crippen LogP contribution in [0.25, 0.3) is 0 Å². The minimum atomic E-state index is -0.183. The number of carbonyl (C=O) groups excluding carboxylic acids is 2. The number of nitrogens with zero attached hydrogens (tertiary/aromatic N) is 1. The van der Waals surface area contributed by atoms with Gasteiger partial charge in [0, 0.05) is 24.0 Å². The third-order valence-electron chi connectivity index (χ3n) is 4.30. The Morgan fingerprint density at radius 2 is 1.96 bits per heavy atom. The highest BCUT2D eigenvalue weighted by Gasteiger charge is 2.24. The van der Waals surface area contributed by atoms with Crippen LogP contribution in [0, 0.1) is 0 Å². The monoisotopic (exact) mass is 338 g/mol. The highest BCUT2D eigenvalue weighted by molar-refractivity contribution is 6.05. The van der Waals surface area contributed by atoms with Crippen molar-refractivity contribution in [1.29, 1.82) is 0 Å². The smallest absolute Gasteiger partial charge is 0.255 e. The van der Waals surface area contributed by atoms with Gasteiger partial charge in [0.15, 0.2) is 0 Å². The Kier molecular flexibility index (Phi) is 5.03. The zero-order chi connectivity index (χ0) is 17.8. The summed E-state index contributed by atoms with van der Waals surface area (Å²) in [6, 6.07) is 12.6. The van der Waals surface area contributed by atoms with Crippen molar-refractivity contribution >= 4 is 23.2 Å². The lowest BCUT2D eigenvalue weighted by molar-refractivity contribution is -0.117. The van der Waals surface area contributed by atoms with Crippen molar-refractivity contribution in [2.24, 2.45) is 0 Å². The second-order valence-electron chi connectivity index (χ2n) is 6.15. The van der Waals surface area contributed by atoms with Crippen LogP contribution in [-0.2, 0) is 11.2 Å². The molecule has 5 heteroatoms. The van der Waals surface area contributed by atoms with Gasteiger partial charge in [0.2, 0.25) is 5.91 Å². The number of anilines is 2. The summed E-state index contributed by atoms with van der Waals surface area (Å²) < 4.78 is 5.60. The maximum Gasteiger partial charge on any atom is 0.255 e. The molecule has 0 radical (unpaired) electrons. The predicted octanol–water partition coefficient (Wildman–Crippen LogP) is 3.64. The maximum absolute atomic E-state index is 12.4. The lowest BCUT2D eigenvalue weighted by Gasteiger charge is -2.11. The van der Waals surface area contributed by atoms with Gasteiger partial charge in [-0.1, -0.05) is 13.3 Å². The van der Waals surface area contributed by atoms with Gasteiger partial charge in [-0.05, 0) is 54.4 Å². The Balaban J connectivity index is 1.65. The zero-order valence-corrected chi connectivity index (χ0v) is 14.5. The molecule has 3 rings (SSSR count). The number of hydrogen-bond donors (Lipinski definition) is 1. The quantitative estimate of drug-likeness (QED) is 0.818. The molecule has 25 heavy (non-hydrogen) atoms. The first-order valence-corrected chi connectivity index (χ1v) is 8.52. The van der Waals surface area contributed by atoms with Gasteiger partial charge in [0.05, 0.1) is 13.0 Å². The van der Waals surface area contributed by atoms with Crippen LogP contribution >= 0.6 is 0 Å². The van der Waals surface area contributed by atoms with Crippen LogP contribution in [0.1, 0.15) is 35.7 Å². The van der Waals surface area contributed by atoms with Gasteiger partial charge in [-0.3, -0.25) is 9.59 Å². The molecule has 1 aliphatic rings. The standard InChI is InChI=1S/C20H22N2O3/c1-3-4-11-25-17-8-5-14(6-9-17)20(24)21-16-7-10-18-15(12-16)13-19(23)22(18)2/h5-10,12H,3-4,11,13H2,1-2H3,(H,21,24). The van der Waals surface area contributed by atoms with Crippen molar-refractivity contribution in [3.63, 3.8) is 0 Å². The molecule has 2 amide bonds.